The molecule has 0 amide bonds. The Morgan fingerprint density at radius 3 is 2.38 bits per heavy atom. The molecule has 1 aliphatic carbocycles. The van der Waals surface area contributed by atoms with Crippen molar-refractivity contribution in [2.24, 2.45) is 11.8 Å². The molecule has 1 rings (SSSR count). The maximum atomic E-state index is 11.2. The molecule has 1 fully saturated rings. The van der Waals surface area contributed by atoms with Gasteiger partial charge in [-0.05, 0) is 26.2 Å². The fraction of sp³-hybridized carbons (Fsp3) is 0.800. The average molecular weight is 184 g/mol. The first-order valence-electron chi connectivity index (χ1n) is 4.73. The predicted molar refractivity (Wildman–Crippen MR) is 48.1 cm³/mol. The Bertz CT molecular complexity index is 210. The summed E-state index contributed by atoms with van der Waals surface area (Å²) in [6, 6.07) is 0. The third-order valence-corrected chi connectivity index (χ3v) is 2.78. The zero-order valence-electron chi connectivity index (χ0n) is 8.21. The molecule has 3 heteroatoms. The molecule has 1 saturated carbocycles. The van der Waals surface area contributed by atoms with Gasteiger partial charge < -0.3 is 4.74 Å². The SMILES string of the molecule is COC(=O)C1CCCC(C(C)=O)C1. The lowest BCUT2D eigenvalue weighted by molar-refractivity contribution is -0.147. The molecule has 0 aromatic heterocycles. The monoisotopic (exact) mass is 184 g/mol. The number of ether oxygens (including phenoxy) is 1. The Morgan fingerprint density at radius 2 is 1.85 bits per heavy atom. The minimum absolute atomic E-state index is 0.0485. The standard InChI is InChI=1S/C10H16O3/c1-7(11)8-4-3-5-9(6-8)10(12)13-2/h8-9H,3-6H2,1-2H3. The van der Waals surface area contributed by atoms with Gasteiger partial charge in [0, 0.05) is 5.92 Å². The highest BCUT2D eigenvalue weighted by Crippen LogP contribution is 2.30. The van der Waals surface area contributed by atoms with Crippen molar-refractivity contribution in [3.8, 4) is 0 Å². The van der Waals surface area contributed by atoms with Gasteiger partial charge in [0.2, 0.25) is 0 Å². The smallest absolute Gasteiger partial charge is 0.308 e. The Kier molecular flexibility index (Phi) is 3.46. The van der Waals surface area contributed by atoms with E-state index in [2.05, 4.69) is 4.74 Å². The van der Waals surface area contributed by atoms with Gasteiger partial charge >= 0.3 is 5.97 Å². The Hall–Kier alpha value is -0.860. The zero-order valence-corrected chi connectivity index (χ0v) is 8.21. The van der Waals surface area contributed by atoms with Crippen LogP contribution in [0.2, 0.25) is 0 Å². The van der Waals surface area contributed by atoms with Gasteiger partial charge in [-0.1, -0.05) is 6.42 Å². The molecule has 0 radical (unpaired) electrons. The van der Waals surface area contributed by atoms with Crippen LogP contribution in [0, 0.1) is 11.8 Å². The van der Waals surface area contributed by atoms with Crippen molar-refractivity contribution in [2.45, 2.75) is 32.6 Å². The highest BCUT2D eigenvalue weighted by Gasteiger charge is 2.29. The molecule has 2 unspecified atom stereocenters. The molecule has 0 heterocycles. The quantitative estimate of drug-likeness (QED) is 0.611. The molecule has 0 bridgehead atoms. The zero-order chi connectivity index (χ0) is 9.84. The second-order valence-corrected chi connectivity index (χ2v) is 3.69. The van der Waals surface area contributed by atoms with Gasteiger partial charge in [0.15, 0.2) is 0 Å². The predicted octanol–water partition coefficient (Wildman–Crippen LogP) is 1.55. The van der Waals surface area contributed by atoms with Gasteiger partial charge in [-0.25, -0.2) is 0 Å². The number of esters is 1. The van der Waals surface area contributed by atoms with E-state index in [1.165, 1.54) is 7.11 Å². The molecule has 13 heavy (non-hydrogen) atoms. The summed E-state index contributed by atoms with van der Waals surface area (Å²) < 4.78 is 4.67. The first-order chi connectivity index (χ1) is 6.15. The Labute approximate surface area is 78.5 Å². The van der Waals surface area contributed by atoms with Gasteiger partial charge in [0.05, 0.1) is 13.0 Å². The van der Waals surface area contributed by atoms with E-state index in [1.54, 1.807) is 6.92 Å². The molecule has 74 valence electrons. The summed E-state index contributed by atoms with van der Waals surface area (Å²) in [4.78, 5) is 22.3. The van der Waals surface area contributed by atoms with Crippen LogP contribution in [0.3, 0.4) is 0 Å². The van der Waals surface area contributed by atoms with Crippen LogP contribution in [0.25, 0.3) is 0 Å². The van der Waals surface area contributed by atoms with Gasteiger partial charge in [-0.15, -0.1) is 0 Å². The van der Waals surface area contributed by atoms with Crippen LogP contribution < -0.4 is 0 Å². The highest BCUT2D eigenvalue weighted by atomic mass is 16.5. The lowest BCUT2D eigenvalue weighted by atomic mass is 9.80. The van der Waals surface area contributed by atoms with Crippen LogP contribution in [-0.4, -0.2) is 18.9 Å². The number of rotatable bonds is 2. The van der Waals surface area contributed by atoms with E-state index < -0.39 is 0 Å². The molecule has 0 spiro atoms. The third-order valence-electron chi connectivity index (χ3n) is 2.78. The summed E-state index contributed by atoms with van der Waals surface area (Å²) in [5.74, 6) is 0.0741. The Morgan fingerprint density at radius 1 is 1.23 bits per heavy atom. The average Bonchev–Trinajstić information content (AvgIpc) is 2.17. The summed E-state index contributed by atoms with van der Waals surface area (Å²) in [6.45, 7) is 1.60. The molecule has 0 aromatic carbocycles. The van der Waals surface area contributed by atoms with Crippen LogP contribution in [-0.2, 0) is 14.3 Å². The second-order valence-electron chi connectivity index (χ2n) is 3.69. The number of carbonyl (C=O) groups excluding carboxylic acids is 2. The molecule has 3 nitrogen and oxygen atoms in total. The molecule has 0 aliphatic heterocycles. The van der Waals surface area contributed by atoms with Gasteiger partial charge in [0.25, 0.3) is 0 Å². The maximum Gasteiger partial charge on any atom is 0.308 e. The number of Topliss-reactive ketones (excluding diaryl/α,β-unsaturated/α-hetero) is 1. The minimum Gasteiger partial charge on any atom is -0.469 e. The fourth-order valence-electron chi connectivity index (χ4n) is 1.94. The lowest BCUT2D eigenvalue weighted by Crippen LogP contribution is -2.27. The van der Waals surface area contributed by atoms with Crippen molar-refractivity contribution >= 4 is 11.8 Å². The van der Waals surface area contributed by atoms with E-state index in [1.807, 2.05) is 0 Å². The van der Waals surface area contributed by atoms with Crippen molar-refractivity contribution < 1.29 is 14.3 Å². The largest absolute Gasteiger partial charge is 0.469 e. The fourth-order valence-corrected chi connectivity index (χ4v) is 1.94. The summed E-state index contributed by atoms with van der Waals surface area (Å²) >= 11 is 0. The second kappa shape index (κ2) is 4.40. The summed E-state index contributed by atoms with van der Waals surface area (Å²) in [5.41, 5.74) is 0. The van der Waals surface area contributed by atoms with Crippen LogP contribution in [0.5, 0.6) is 0 Å². The molecule has 1 aliphatic rings. The van der Waals surface area contributed by atoms with Crippen molar-refractivity contribution in [1.82, 2.24) is 0 Å². The van der Waals surface area contributed by atoms with Crippen molar-refractivity contribution in [1.29, 1.82) is 0 Å². The maximum absolute atomic E-state index is 11.2. The first-order valence-corrected chi connectivity index (χ1v) is 4.73. The first kappa shape index (κ1) is 10.2. The van der Waals surface area contributed by atoms with E-state index in [9.17, 15) is 9.59 Å². The van der Waals surface area contributed by atoms with Gasteiger partial charge in [-0.3, -0.25) is 9.59 Å². The molecular formula is C10H16O3. The summed E-state index contributed by atoms with van der Waals surface area (Å²) in [7, 11) is 1.40. The van der Waals surface area contributed by atoms with Crippen LogP contribution >= 0.6 is 0 Å². The summed E-state index contributed by atoms with van der Waals surface area (Å²) in [6.07, 6.45) is 3.45. The topological polar surface area (TPSA) is 43.4 Å². The highest BCUT2D eigenvalue weighted by molar-refractivity contribution is 5.80. The molecule has 2 atom stereocenters. The normalized spacial score (nSPS) is 28.2. The lowest BCUT2D eigenvalue weighted by Gasteiger charge is -2.25. The molecule has 0 saturated heterocycles. The van der Waals surface area contributed by atoms with Crippen LogP contribution in [0.1, 0.15) is 32.6 Å². The van der Waals surface area contributed by atoms with Crippen molar-refractivity contribution in [3.63, 3.8) is 0 Å². The van der Waals surface area contributed by atoms with E-state index in [0.717, 1.165) is 19.3 Å². The van der Waals surface area contributed by atoms with E-state index in [4.69, 9.17) is 0 Å². The van der Waals surface area contributed by atoms with Crippen molar-refractivity contribution in [3.05, 3.63) is 0 Å². The number of hydrogen-bond acceptors (Lipinski definition) is 3. The number of ketones is 1. The van der Waals surface area contributed by atoms with Gasteiger partial charge in [-0.2, -0.15) is 0 Å². The summed E-state index contributed by atoms with van der Waals surface area (Å²) in [5, 5.41) is 0. The van der Waals surface area contributed by atoms with Crippen LogP contribution in [0.4, 0.5) is 0 Å². The number of methoxy groups -OCH3 is 1. The molecular weight excluding hydrogens is 168 g/mol. The molecule has 0 aromatic rings. The van der Waals surface area contributed by atoms with E-state index in [-0.39, 0.29) is 23.6 Å². The van der Waals surface area contributed by atoms with Crippen molar-refractivity contribution in [2.75, 3.05) is 7.11 Å². The third kappa shape index (κ3) is 2.54. The number of hydrogen-bond donors (Lipinski definition) is 0. The Balaban J connectivity index is 2.51. The molecule has 0 N–H and O–H groups in total. The van der Waals surface area contributed by atoms with E-state index >= 15 is 0 Å². The minimum atomic E-state index is -0.161. The van der Waals surface area contributed by atoms with E-state index in [0.29, 0.717) is 6.42 Å². The van der Waals surface area contributed by atoms with Crippen LogP contribution in [0.15, 0.2) is 0 Å². The number of carbonyl (C=O) groups is 2. The van der Waals surface area contributed by atoms with Gasteiger partial charge in [0.1, 0.15) is 5.78 Å².